The Morgan fingerprint density at radius 2 is 2.03 bits per heavy atom. The average molecular weight is 454 g/mol. The van der Waals surface area contributed by atoms with Gasteiger partial charge in [-0.1, -0.05) is 42.9 Å². The molecule has 0 saturated carbocycles. The number of hydrogen-bond donors (Lipinski definition) is 2. The molecule has 2 aromatic heterocycles. The number of unbranched alkanes of at least 4 members (excludes halogenated alkanes) is 1. The highest BCUT2D eigenvalue weighted by atomic mass is 32.1. The Bertz CT molecular complexity index is 1250. The van der Waals surface area contributed by atoms with E-state index in [9.17, 15) is 9.59 Å². The van der Waals surface area contributed by atoms with Crippen molar-refractivity contribution in [2.45, 2.75) is 19.8 Å². The van der Waals surface area contributed by atoms with Crippen molar-refractivity contribution in [1.82, 2.24) is 10.3 Å². The Morgan fingerprint density at radius 1 is 1.19 bits per heavy atom. The number of carbonyl (C=O) groups is 2. The highest BCUT2D eigenvalue weighted by Crippen LogP contribution is 2.27. The summed E-state index contributed by atoms with van der Waals surface area (Å²) in [6.07, 6.45) is 1.79. The first-order chi connectivity index (χ1) is 15.0. The third kappa shape index (κ3) is 4.89. The van der Waals surface area contributed by atoms with Crippen LogP contribution in [0, 0.1) is 0 Å². The van der Waals surface area contributed by atoms with Gasteiger partial charge in [0.25, 0.3) is 5.91 Å². The summed E-state index contributed by atoms with van der Waals surface area (Å²) in [7, 11) is 0. The molecule has 0 atom stereocenters. The number of para-hydroxylation sites is 1. The number of thiocarbonyl (C=S) groups is 1. The fourth-order valence-electron chi connectivity index (χ4n) is 2.88. The van der Waals surface area contributed by atoms with Gasteiger partial charge in [-0.15, -0.1) is 0 Å². The minimum Gasteiger partial charge on any atom is -0.462 e. The van der Waals surface area contributed by atoms with E-state index in [4.69, 9.17) is 21.4 Å². The number of aromatic nitrogens is 1. The van der Waals surface area contributed by atoms with E-state index >= 15 is 0 Å². The monoisotopic (exact) mass is 453 g/mol. The Labute approximate surface area is 187 Å². The van der Waals surface area contributed by atoms with E-state index in [0.717, 1.165) is 22.9 Å². The first-order valence-corrected chi connectivity index (χ1v) is 10.9. The van der Waals surface area contributed by atoms with Crippen LogP contribution in [0.25, 0.3) is 21.2 Å². The van der Waals surface area contributed by atoms with Crippen LogP contribution in [-0.4, -0.2) is 28.6 Å². The van der Waals surface area contributed by atoms with E-state index in [-0.39, 0.29) is 16.8 Å². The maximum atomic E-state index is 12.4. The first-order valence-electron chi connectivity index (χ1n) is 9.72. The number of nitrogens with zero attached hydrogens (tertiary/aromatic N) is 1. The van der Waals surface area contributed by atoms with Crippen molar-refractivity contribution in [3.8, 4) is 0 Å². The van der Waals surface area contributed by atoms with Crippen molar-refractivity contribution >= 4 is 66.9 Å². The summed E-state index contributed by atoms with van der Waals surface area (Å²) in [5.41, 5.74) is 1.81. The van der Waals surface area contributed by atoms with Crippen molar-refractivity contribution < 1.29 is 18.7 Å². The number of carbonyl (C=O) groups excluding carboxylic acids is 2. The summed E-state index contributed by atoms with van der Waals surface area (Å²) in [5, 5.41) is 6.93. The molecule has 9 heteroatoms. The highest BCUT2D eigenvalue weighted by Gasteiger charge is 2.15. The van der Waals surface area contributed by atoms with Crippen LogP contribution >= 0.6 is 23.6 Å². The Kier molecular flexibility index (Phi) is 6.24. The topological polar surface area (TPSA) is 93.5 Å². The quantitative estimate of drug-likeness (QED) is 0.238. The summed E-state index contributed by atoms with van der Waals surface area (Å²) < 4.78 is 11.6. The van der Waals surface area contributed by atoms with Crippen molar-refractivity contribution in [3.63, 3.8) is 0 Å². The van der Waals surface area contributed by atoms with Crippen molar-refractivity contribution in [1.29, 1.82) is 0 Å². The van der Waals surface area contributed by atoms with Crippen LogP contribution in [-0.2, 0) is 4.74 Å². The lowest BCUT2D eigenvalue weighted by Crippen LogP contribution is -2.33. The molecule has 7 nitrogen and oxygen atoms in total. The summed E-state index contributed by atoms with van der Waals surface area (Å²) in [5.74, 6) is -0.639. The first kappa shape index (κ1) is 21.0. The molecule has 0 unspecified atom stereocenters. The number of furan rings is 1. The lowest BCUT2D eigenvalue weighted by molar-refractivity contribution is 0.0500. The normalized spacial score (nSPS) is 10.9. The van der Waals surface area contributed by atoms with Gasteiger partial charge in [0, 0.05) is 5.39 Å². The van der Waals surface area contributed by atoms with Gasteiger partial charge in [-0.3, -0.25) is 10.1 Å². The van der Waals surface area contributed by atoms with Gasteiger partial charge in [-0.05, 0) is 49.0 Å². The standard InChI is InChI=1S/C22H19N3O4S2/c1-2-3-10-28-20(27)14-8-9-15-18(12-14)31-22(23-15)25-21(30)24-19(26)17-11-13-6-4-5-7-16(13)29-17/h4-9,11-12H,2-3,10H2,1H3,(H2,23,24,25,26,30). The molecule has 0 spiro atoms. The number of hydrogen-bond acceptors (Lipinski definition) is 7. The second-order valence-electron chi connectivity index (χ2n) is 6.75. The molecule has 0 bridgehead atoms. The van der Waals surface area contributed by atoms with E-state index in [2.05, 4.69) is 15.6 Å². The smallest absolute Gasteiger partial charge is 0.338 e. The number of amides is 1. The molecule has 4 aromatic rings. The Hall–Kier alpha value is -3.30. The minimum absolute atomic E-state index is 0.101. The summed E-state index contributed by atoms with van der Waals surface area (Å²) in [4.78, 5) is 29.0. The lowest BCUT2D eigenvalue weighted by atomic mass is 10.2. The summed E-state index contributed by atoms with van der Waals surface area (Å²) >= 11 is 6.55. The van der Waals surface area contributed by atoms with Crippen LogP contribution in [0.5, 0.6) is 0 Å². The van der Waals surface area contributed by atoms with Gasteiger partial charge >= 0.3 is 5.97 Å². The molecule has 0 saturated heterocycles. The second-order valence-corrected chi connectivity index (χ2v) is 8.19. The predicted octanol–water partition coefficient (Wildman–Crippen LogP) is 5.13. The van der Waals surface area contributed by atoms with Gasteiger partial charge in [-0.2, -0.15) is 0 Å². The molecule has 0 aliphatic rings. The van der Waals surface area contributed by atoms with Gasteiger partial charge < -0.3 is 14.5 Å². The number of rotatable bonds is 6. The number of fused-ring (bicyclic) bond motifs is 2. The minimum atomic E-state index is -0.452. The van der Waals surface area contributed by atoms with Gasteiger partial charge in [0.1, 0.15) is 5.58 Å². The molecule has 2 N–H and O–H groups in total. The zero-order valence-corrected chi connectivity index (χ0v) is 18.3. The van der Waals surface area contributed by atoms with Crippen molar-refractivity contribution in [2.24, 2.45) is 0 Å². The largest absolute Gasteiger partial charge is 0.462 e. The fourth-order valence-corrected chi connectivity index (χ4v) is 4.05. The van der Waals surface area contributed by atoms with E-state index in [1.54, 1.807) is 30.3 Å². The number of ether oxygens (including phenoxy) is 1. The summed E-state index contributed by atoms with van der Waals surface area (Å²) in [6.45, 7) is 2.44. The maximum Gasteiger partial charge on any atom is 0.338 e. The third-order valence-electron chi connectivity index (χ3n) is 4.45. The number of thiazole rings is 1. The SMILES string of the molecule is CCCCOC(=O)c1ccc2nc(NC(=S)NC(=O)c3cc4ccccc4o3)sc2c1. The molecule has 2 heterocycles. The third-order valence-corrected chi connectivity index (χ3v) is 5.59. The van der Waals surface area contributed by atoms with Crippen molar-refractivity contribution in [2.75, 3.05) is 11.9 Å². The zero-order valence-electron chi connectivity index (χ0n) is 16.6. The van der Waals surface area contributed by atoms with Gasteiger partial charge in [0.05, 0.1) is 22.4 Å². The number of anilines is 1. The van der Waals surface area contributed by atoms with Crippen LogP contribution in [0.3, 0.4) is 0 Å². The molecule has 158 valence electrons. The van der Waals surface area contributed by atoms with E-state index < -0.39 is 5.91 Å². The van der Waals surface area contributed by atoms with Gasteiger partial charge in [0.2, 0.25) is 0 Å². The molecule has 2 aromatic carbocycles. The van der Waals surface area contributed by atoms with Gasteiger partial charge in [-0.25, -0.2) is 9.78 Å². The molecule has 0 aliphatic carbocycles. The van der Waals surface area contributed by atoms with Crippen LogP contribution < -0.4 is 10.6 Å². The molecular weight excluding hydrogens is 434 g/mol. The van der Waals surface area contributed by atoms with Crippen LogP contribution in [0.1, 0.15) is 40.7 Å². The van der Waals surface area contributed by atoms with Crippen LogP contribution in [0.15, 0.2) is 52.9 Å². The Morgan fingerprint density at radius 3 is 2.84 bits per heavy atom. The van der Waals surface area contributed by atoms with Crippen LogP contribution in [0.2, 0.25) is 0 Å². The number of nitrogens with one attached hydrogen (secondary N) is 2. The molecule has 0 fully saturated rings. The molecule has 31 heavy (non-hydrogen) atoms. The van der Waals surface area contributed by atoms with Crippen LogP contribution in [0.4, 0.5) is 5.13 Å². The van der Waals surface area contributed by atoms with E-state index in [1.165, 1.54) is 11.3 Å². The predicted molar refractivity (Wildman–Crippen MR) is 125 cm³/mol. The Balaban J connectivity index is 1.41. The average Bonchev–Trinajstić information content (AvgIpc) is 3.36. The molecule has 0 radical (unpaired) electrons. The van der Waals surface area contributed by atoms with Crippen molar-refractivity contribution in [3.05, 3.63) is 59.9 Å². The maximum absolute atomic E-state index is 12.4. The summed E-state index contributed by atoms with van der Waals surface area (Å²) in [6, 6.07) is 14.2. The second kappa shape index (κ2) is 9.23. The fraction of sp³-hybridized carbons (Fsp3) is 0.182. The van der Waals surface area contributed by atoms with Gasteiger partial charge in [0.15, 0.2) is 16.0 Å². The number of benzene rings is 2. The van der Waals surface area contributed by atoms with E-state index in [0.29, 0.717) is 28.4 Å². The lowest BCUT2D eigenvalue weighted by Gasteiger charge is -2.04. The molecule has 0 aliphatic heterocycles. The highest BCUT2D eigenvalue weighted by molar-refractivity contribution is 7.80. The zero-order chi connectivity index (χ0) is 21.8. The number of esters is 1. The van der Waals surface area contributed by atoms with E-state index in [1.807, 2.05) is 25.1 Å². The molecule has 1 amide bonds. The molecule has 4 rings (SSSR count). The molecular formula is C22H19N3O4S2.